The fraction of sp³-hybridized carbons (Fsp3) is 0.286. The van der Waals surface area contributed by atoms with Gasteiger partial charge in [-0.2, -0.15) is 4.98 Å². The van der Waals surface area contributed by atoms with Gasteiger partial charge in [-0.1, -0.05) is 19.1 Å². The zero-order valence-electron chi connectivity index (χ0n) is 11.1. The summed E-state index contributed by atoms with van der Waals surface area (Å²) in [5.41, 5.74) is 0.847. The van der Waals surface area contributed by atoms with Gasteiger partial charge in [0.1, 0.15) is 17.4 Å². The van der Waals surface area contributed by atoms with Crippen molar-refractivity contribution in [1.29, 1.82) is 0 Å². The number of aromatic nitrogens is 2. The van der Waals surface area contributed by atoms with Gasteiger partial charge in [-0.3, -0.25) is 0 Å². The number of nitrogens with zero attached hydrogens (tertiary/aromatic N) is 2. The van der Waals surface area contributed by atoms with Gasteiger partial charge in [0.25, 0.3) is 0 Å². The lowest BCUT2D eigenvalue weighted by molar-refractivity contribution is 0.281. The standard InChI is InChI=1S/C14H17N3O2/c1-3-12-16-13(15-2)8-14(17-12)19-11-6-4-10(9-18)5-7-11/h4-8,18H,3,9H2,1-2H3,(H,15,16,17). The smallest absolute Gasteiger partial charge is 0.224 e. The normalized spacial score (nSPS) is 10.3. The first-order chi connectivity index (χ1) is 9.25. The highest BCUT2D eigenvalue weighted by Crippen LogP contribution is 2.22. The molecule has 100 valence electrons. The molecule has 1 aromatic heterocycles. The Labute approximate surface area is 112 Å². The third kappa shape index (κ3) is 3.42. The molecule has 0 bridgehead atoms. The van der Waals surface area contributed by atoms with Crippen LogP contribution in [0.25, 0.3) is 0 Å². The van der Waals surface area contributed by atoms with Crippen molar-refractivity contribution in [3.63, 3.8) is 0 Å². The Bertz CT molecular complexity index is 519. The predicted molar refractivity (Wildman–Crippen MR) is 73.4 cm³/mol. The van der Waals surface area contributed by atoms with Crippen molar-refractivity contribution in [3.8, 4) is 11.6 Å². The molecular formula is C14H17N3O2. The van der Waals surface area contributed by atoms with Crippen LogP contribution < -0.4 is 10.1 Å². The molecule has 0 aliphatic carbocycles. The Morgan fingerprint density at radius 1 is 1.21 bits per heavy atom. The van der Waals surface area contributed by atoms with Gasteiger partial charge in [0, 0.05) is 19.5 Å². The van der Waals surface area contributed by atoms with Crippen LogP contribution in [-0.4, -0.2) is 22.1 Å². The SMILES string of the molecule is CCc1nc(NC)cc(Oc2ccc(CO)cc2)n1. The molecule has 0 aliphatic heterocycles. The Hall–Kier alpha value is -2.14. The van der Waals surface area contributed by atoms with Crippen molar-refractivity contribution in [3.05, 3.63) is 41.7 Å². The number of hydrogen-bond acceptors (Lipinski definition) is 5. The van der Waals surface area contributed by atoms with E-state index in [1.807, 2.05) is 26.1 Å². The van der Waals surface area contributed by atoms with Gasteiger partial charge in [0.2, 0.25) is 5.88 Å². The largest absolute Gasteiger partial charge is 0.439 e. The lowest BCUT2D eigenvalue weighted by Crippen LogP contribution is -2.01. The molecule has 1 aromatic carbocycles. The molecule has 0 aliphatic rings. The number of rotatable bonds is 5. The van der Waals surface area contributed by atoms with Gasteiger partial charge in [-0.15, -0.1) is 0 Å². The average Bonchev–Trinajstić information content (AvgIpc) is 2.47. The lowest BCUT2D eigenvalue weighted by Gasteiger charge is -2.08. The van der Waals surface area contributed by atoms with Gasteiger partial charge in [-0.05, 0) is 17.7 Å². The number of nitrogens with one attached hydrogen (secondary N) is 1. The molecule has 0 radical (unpaired) electrons. The minimum atomic E-state index is 0.0255. The topological polar surface area (TPSA) is 67.3 Å². The van der Waals surface area contributed by atoms with Crippen molar-refractivity contribution in [2.45, 2.75) is 20.0 Å². The summed E-state index contributed by atoms with van der Waals surface area (Å²) in [6.45, 7) is 2.02. The van der Waals surface area contributed by atoms with E-state index in [9.17, 15) is 0 Å². The summed E-state index contributed by atoms with van der Waals surface area (Å²) in [5, 5.41) is 12.0. The first-order valence-corrected chi connectivity index (χ1v) is 6.18. The zero-order valence-corrected chi connectivity index (χ0v) is 11.1. The molecule has 1 heterocycles. The highest BCUT2D eigenvalue weighted by atomic mass is 16.5. The number of aryl methyl sites for hydroxylation is 1. The van der Waals surface area contributed by atoms with Crippen LogP contribution >= 0.6 is 0 Å². The highest BCUT2D eigenvalue weighted by molar-refractivity contribution is 5.39. The predicted octanol–water partition coefficient (Wildman–Crippen LogP) is 2.37. The van der Waals surface area contributed by atoms with E-state index in [0.29, 0.717) is 11.6 Å². The molecule has 2 N–H and O–H groups in total. The fourth-order valence-corrected chi connectivity index (χ4v) is 1.59. The summed E-state index contributed by atoms with van der Waals surface area (Å²) in [5.74, 6) is 2.65. The summed E-state index contributed by atoms with van der Waals surface area (Å²) in [6.07, 6.45) is 0.745. The maximum atomic E-state index is 8.99. The minimum Gasteiger partial charge on any atom is -0.439 e. The second kappa shape index (κ2) is 6.15. The number of hydrogen-bond donors (Lipinski definition) is 2. The summed E-state index contributed by atoms with van der Waals surface area (Å²) in [7, 11) is 1.81. The van der Waals surface area contributed by atoms with Crippen molar-refractivity contribution in [2.24, 2.45) is 0 Å². The molecule has 5 nitrogen and oxygen atoms in total. The number of aliphatic hydroxyl groups is 1. The first-order valence-electron chi connectivity index (χ1n) is 6.18. The molecule has 0 spiro atoms. The molecule has 0 unspecified atom stereocenters. The van der Waals surface area contributed by atoms with E-state index < -0.39 is 0 Å². The molecule has 0 fully saturated rings. The molecule has 2 rings (SSSR count). The second-order valence-corrected chi connectivity index (χ2v) is 4.02. The molecule has 0 saturated heterocycles. The van der Waals surface area contributed by atoms with Gasteiger partial charge >= 0.3 is 0 Å². The van der Waals surface area contributed by atoms with Crippen LogP contribution in [0.3, 0.4) is 0 Å². The Morgan fingerprint density at radius 3 is 2.53 bits per heavy atom. The quantitative estimate of drug-likeness (QED) is 0.862. The fourth-order valence-electron chi connectivity index (χ4n) is 1.59. The Morgan fingerprint density at radius 2 is 1.95 bits per heavy atom. The summed E-state index contributed by atoms with van der Waals surface area (Å²) in [4.78, 5) is 8.62. The molecule has 0 amide bonds. The van der Waals surface area contributed by atoms with E-state index in [4.69, 9.17) is 9.84 Å². The van der Waals surface area contributed by atoms with Gasteiger partial charge in [0.15, 0.2) is 0 Å². The zero-order chi connectivity index (χ0) is 13.7. The minimum absolute atomic E-state index is 0.0255. The number of aliphatic hydroxyl groups excluding tert-OH is 1. The van der Waals surface area contributed by atoms with Crippen LogP contribution in [0.2, 0.25) is 0 Å². The van der Waals surface area contributed by atoms with Crippen LogP contribution in [0.5, 0.6) is 11.6 Å². The van der Waals surface area contributed by atoms with Crippen molar-refractivity contribution >= 4 is 5.82 Å². The van der Waals surface area contributed by atoms with E-state index in [2.05, 4.69) is 15.3 Å². The number of benzene rings is 1. The Kier molecular flexibility index (Phi) is 4.30. The maximum Gasteiger partial charge on any atom is 0.224 e. The number of ether oxygens (including phenoxy) is 1. The van der Waals surface area contributed by atoms with Gasteiger partial charge in [-0.25, -0.2) is 4.98 Å². The monoisotopic (exact) mass is 259 g/mol. The van der Waals surface area contributed by atoms with Gasteiger partial charge in [0.05, 0.1) is 6.61 Å². The maximum absolute atomic E-state index is 8.99. The van der Waals surface area contributed by atoms with Crippen LogP contribution in [0.1, 0.15) is 18.3 Å². The Balaban J connectivity index is 2.21. The second-order valence-electron chi connectivity index (χ2n) is 4.02. The molecule has 2 aromatic rings. The van der Waals surface area contributed by atoms with Crippen LogP contribution in [-0.2, 0) is 13.0 Å². The first kappa shape index (κ1) is 13.3. The highest BCUT2D eigenvalue weighted by Gasteiger charge is 2.05. The van der Waals surface area contributed by atoms with Crippen LogP contribution in [0, 0.1) is 0 Å². The molecule has 0 saturated carbocycles. The number of anilines is 1. The summed E-state index contributed by atoms with van der Waals surface area (Å²) in [6, 6.07) is 8.99. The van der Waals surface area contributed by atoms with E-state index >= 15 is 0 Å². The molecule has 0 atom stereocenters. The third-order valence-corrected chi connectivity index (χ3v) is 2.65. The van der Waals surface area contributed by atoms with Crippen molar-refractivity contribution in [1.82, 2.24) is 9.97 Å². The van der Waals surface area contributed by atoms with E-state index in [-0.39, 0.29) is 6.61 Å². The molecule has 5 heteroatoms. The lowest BCUT2D eigenvalue weighted by atomic mass is 10.2. The van der Waals surface area contributed by atoms with Crippen LogP contribution in [0.15, 0.2) is 30.3 Å². The summed E-state index contributed by atoms with van der Waals surface area (Å²) < 4.78 is 5.69. The van der Waals surface area contributed by atoms with E-state index in [0.717, 1.165) is 23.6 Å². The van der Waals surface area contributed by atoms with Crippen LogP contribution in [0.4, 0.5) is 5.82 Å². The molecular weight excluding hydrogens is 242 g/mol. The van der Waals surface area contributed by atoms with Crippen molar-refractivity contribution in [2.75, 3.05) is 12.4 Å². The van der Waals surface area contributed by atoms with E-state index in [1.54, 1.807) is 18.2 Å². The molecule has 19 heavy (non-hydrogen) atoms. The van der Waals surface area contributed by atoms with E-state index in [1.165, 1.54) is 0 Å². The van der Waals surface area contributed by atoms with Crippen molar-refractivity contribution < 1.29 is 9.84 Å². The third-order valence-electron chi connectivity index (χ3n) is 2.65. The average molecular weight is 259 g/mol. The van der Waals surface area contributed by atoms with Gasteiger partial charge < -0.3 is 15.2 Å². The summed E-state index contributed by atoms with van der Waals surface area (Å²) >= 11 is 0.